The lowest BCUT2D eigenvalue weighted by Gasteiger charge is -2.20. The lowest BCUT2D eigenvalue weighted by Crippen LogP contribution is -2.39. The van der Waals surface area contributed by atoms with E-state index < -0.39 is 10.0 Å². The van der Waals surface area contributed by atoms with E-state index in [0.717, 1.165) is 0 Å². The highest BCUT2D eigenvalue weighted by Gasteiger charge is 2.16. The monoisotopic (exact) mass is 252 g/mol. The zero-order valence-electron chi connectivity index (χ0n) is 8.95. The number of aliphatic imine (C=N–C) groups is 1. The van der Waals surface area contributed by atoms with Crippen molar-refractivity contribution in [2.45, 2.75) is 4.90 Å². The van der Waals surface area contributed by atoms with Gasteiger partial charge in [0.25, 0.3) is 10.0 Å². The molecular weight excluding hydrogens is 240 g/mol. The number of nitrogens with zero attached hydrogens (tertiary/aromatic N) is 2. The molecular formula is C10H12N4O2S. The van der Waals surface area contributed by atoms with Gasteiger partial charge in [0.05, 0.1) is 4.90 Å². The fraction of sp³-hybridized carbons (Fsp3) is 0.100. The first-order valence-electron chi connectivity index (χ1n) is 4.89. The number of hydrazine groups is 1. The van der Waals surface area contributed by atoms with E-state index in [0.29, 0.717) is 5.69 Å². The summed E-state index contributed by atoms with van der Waals surface area (Å²) in [5.41, 5.74) is 6.02. The molecule has 90 valence electrons. The minimum atomic E-state index is -3.58. The molecule has 0 saturated heterocycles. The van der Waals surface area contributed by atoms with E-state index in [4.69, 9.17) is 5.73 Å². The van der Waals surface area contributed by atoms with Crippen LogP contribution >= 0.6 is 0 Å². The highest BCUT2D eigenvalue weighted by molar-refractivity contribution is 7.89. The van der Waals surface area contributed by atoms with Gasteiger partial charge < -0.3 is 5.73 Å². The number of hydrogen-bond donors (Lipinski definition) is 2. The summed E-state index contributed by atoms with van der Waals surface area (Å²) in [6.45, 7) is 0.255. The smallest absolute Gasteiger partial charge is 0.257 e. The van der Waals surface area contributed by atoms with Gasteiger partial charge in [-0.15, -0.1) is 4.83 Å². The standard InChI is InChI=1S/C10H12N4O2S/c11-9-2-4-10(5-3-9)17(15,16)13-14-7-1-6-12-8-14/h1-7,13H,8,11H2. The van der Waals surface area contributed by atoms with Gasteiger partial charge >= 0.3 is 0 Å². The van der Waals surface area contributed by atoms with Crippen LogP contribution in [0.1, 0.15) is 0 Å². The van der Waals surface area contributed by atoms with Crippen LogP contribution in [0.2, 0.25) is 0 Å². The van der Waals surface area contributed by atoms with Crippen LogP contribution in [0.15, 0.2) is 46.4 Å². The Hall–Kier alpha value is -1.86. The minimum Gasteiger partial charge on any atom is -0.399 e. The van der Waals surface area contributed by atoms with Gasteiger partial charge in [-0.05, 0) is 30.3 Å². The Morgan fingerprint density at radius 1 is 1.29 bits per heavy atom. The summed E-state index contributed by atoms with van der Waals surface area (Å²) in [6.07, 6.45) is 4.85. The SMILES string of the molecule is Nc1ccc(S(=O)(=O)NN2C=CC=NC2)cc1. The maximum absolute atomic E-state index is 11.9. The zero-order chi connectivity index (χ0) is 12.3. The fourth-order valence-corrected chi connectivity index (χ4v) is 2.33. The molecule has 0 aromatic heterocycles. The van der Waals surface area contributed by atoms with Gasteiger partial charge in [-0.2, -0.15) is 0 Å². The summed E-state index contributed by atoms with van der Waals surface area (Å²) < 4.78 is 23.9. The Labute approximate surface area is 99.5 Å². The fourth-order valence-electron chi connectivity index (χ4n) is 1.30. The van der Waals surface area contributed by atoms with E-state index in [-0.39, 0.29) is 11.6 Å². The molecule has 0 unspecified atom stereocenters. The summed E-state index contributed by atoms with van der Waals surface area (Å²) in [6, 6.07) is 5.99. The van der Waals surface area contributed by atoms with Crippen LogP contribution < -0.4 is 10.6 Å². The van der Waals surface area contributed by atoms with E-state index >= 15 is 0 Å². The Morgan fingerprint density at radius 3 is 2.59 bits per heavy atom. The predicted molar refractivity (Wildman–Crippen MR) is 65.5 cm³/mol. The lowest BCUT2D eigenvalue weighted by atomic mass is 10.3. The molecule has 0 spiro atoms. The third-order valence-corrected chi connectivity index (χ3v) is 3.49. The third-order valence-electron chi connectivity index (χ3n) is 2.12. The molecule has 6 nitrogen and oxygen atoms in total. The van der Waals surface area contributed by atoms with Crippen molar-refractivity contribution < 1.29 is 8.42 Å². The first-order valence-corrected chi connectivity index (χ1v) is 6.37. The number of nitrogens with one attached hydrogen (secondary N) is 1. The maximum Gasteiger partial charge on any atom is 0.257 e. The highest BCUT2D eigenvalue weighted by atomic mass is 32.2. The molecule has 0 atom stereocenters. The van der Waals surface area contributed by atoms with Gasteiger partial charge in [-0.25, -0.2) is 8.42 Å². The van der Waals surface area contributed by atoms with Crippen molar-refractivity contribution in [3.8, 4) is 0 Å². The quantitative estimate of drug-likeness (QED) is 0.758. The predicted octanol–water partition coefficient (Wildman–Crippen LogP) is 0.320. The van der Waals surface area contributed by atoms with Crippen LogP contribution in [0, 0.1) is 0 Å². The largest absolute Gasteiger partial charge is 0.399 e. The molecule has 0 radical (unpaired) electrons. The summed E-state index contributed by atoms with van der Waals surface area (Å²) in [5, 5.41) is 1.38. The molecule has 1 aromatic rings. The molecule has 0 aliphatic carbocycles. The topological polar surface area (TPSA) is 87.8 Å². The molecule has 17 heavy (non-hydrogen) atoms. The molecule has 0 fully saturated rings. The van der Waals surface area contributed by atoms with Crippen LogP contribution in [0.5, 0.6) is 0 Å². The molecule has 1 aliphatic rings. The van der Waals surface area contributed by atoms with Crippen LogP contribution in [0.3, 0.4) is 0 Å². The number of allylic oxidation sites excluding steroid dienone is 1. The van der Waals surface area contributed by atoms with Crippen LogP contribution in [0.4, 0.5) is 5.69 Å². The van der Waals surface area contributed by atoms with E-state index in [9.17, 15) is 8.42 Å². The first-order chi connectivity index (χ1) is 8.08. The highest BCUT2D eigenvalue weighted by Crippen LogP contribution is 2.12. The summed E-state index contributed by atoms with van der Waals surface area (Å²) in [7, 11) is -3.58. The van der Waals surface area contributed by atoms with Crippen LogP contribution in [0.25, 0.3) is 0 Å². The summed E-state index contributed by atoms with van der Waals surface area (Å²) in [4.78, 5) is 6.47. The Morgan fingerprint density at radius 2 is 2.00 bits per heavy atom. The number of anilines is 1. The van der Waals surface area contributed by atoms with E-state index in [1.54, 1.807) is 30.6 Å². The average molecular weight is 252 g/mol. The maximum atomic E-state index is 11.9. The minimum absolute atomic E-state index is 0.162. The number of nitrogens with two attached hydrogens (primary N) is 1. The number of rotatable bonds is 3. The molecule has 1 heterocycles. The molecule has 2 rings (SSSR count). The number of nitrogen functional groups attached to an aromatic ring is 1. The van der Waals surface area contributed by atoms with Crippen molar-refractivity contribution in [3.63, 3.8) is 0 Å². The van der Waals surface area contributed by atoms with Gasteiger partial charge in [0, 0.05) is 18.1 Å². The Bertz CT molecular complexity index is 548. The Kier molecular flexibility index (Phi) is 3.12. The van der Waals surface area contributed by atoms with Gasteiger partial charge in [0.1, 0.15) is 6.67 Å². The van der Waals surface area contributed by atoms with Crippen molar-refractivity contribution in [2.24, 2.45) is 4.99 Å². The number of hydrogen-bond acceptors (Lipinski definition) is 5. The first kappa shape index (κ1) is 11.6. The normalized spacial score (nSPS) is 15.2. The Balaban J connectivity index is 2.16. The second kappa shape index (κ2) is 4.56. The molecule has 3 N–H and O–H groups in total. The lowest BCUT2D eigenvalue weighted by molar-refractivity contribution is 0.345. The van der Waals surface area contributed by atoms with Crippen molar-refractivity contribution in [1.82, 2.24) is 9.84 Å². The second-order valence-corrected chi connectivity index (χ2v) is 5.11. The van der Waals surface area contributed by atoms with Crippen LogP contribution in [-0.2, 0) is 10.0 Å². The summed E-state index contributed by atoms with van der Waals surface area (Å²) >= 11 is 0. The zero-order valence-corrected chi connectivity index (χ0v) is 9.76. The third kappa shape index (κ3) is 2.83. The van der Waals surface area contributed by atoms with Gasteiger partial charge in [0.2, 0.25) is 0 Å². The van der Waals surface area contributed by atoms with Gasteiger partial charge in [-0.3, -0.25) is 10.0 Å². The van der Waals surface area contributed by atoms with Crippen molar-refractivity contribution in [3.05, 3.63) is 36.5 Å². The average Bonchev–Trinajstić information content (AvgIpc) is 2.30. The number of benzene rings is 1. The van der Waals surface area contributed by atoms with E-state index in [2.05, 4.69) is 9.82 Å². The van der Waals surface area contributed by atoms with Crippen molar-refractivity contribution in [1.29, 1.82) is 0 Å². The summed E-state index contributed by atoms with van der Waals surface area (Å²) in [5.74, 6) is 0. The molecule has 1 aliphatic heterocycles. The van der Waals surface area contributed by atoms with Crippen molar-refractivity contribution >= 4 is 21.9 Å². The van der Waals surface area contributed by atoms with E-state index in [1.807, 2.05) is 0 Å². The van der Waals surface area contributed by atoms with Gasteiger partial charge in [-0.1, -0.05) is 0 Å². The molecule has 0 bridgehead atoms. The molecule has 7 heteroatoms. The van der Waals surface area contributed by atoms with Gasteiger partial charge in [0.15, 0.2) is 0 Å². The van der Waals surface area contributed by atoms with Crippen LogP contribution in [-0.4, -0.2) is 26.3 Å². The number of sulfonamides is 1. The van der Waals surface area contributed by atoms with E-state index in [1.165, 1.54) is 17.1 Å². The molecule has 1 aromatic carbocycles. The molecule has 0 amide bonds. The molecule has 0 saturated carbocycles. The second-order valence-electron chi connectivity index (χ2n) is 3.45. The van der Waals surface area contributed by atoms with Crippen molar-refractivity contribution in [2.75, 3.05) is 12.4 Å².